The second kappa shape index (κ2) is 3.51. The molecule has 0 spiro atoms. The Morgan fingerprint density at radius 3 is 2.86 bits per heavy atom. The molecule has 0 amide bonds. The van der Waals surface area contributed by atoms with Crippen LogP contribution in [0, 0.1) is 11.7 Å². The minimum Gasteiger partial charge on any atom is -0.505 e. The van der Waals surface area contributed by atoms with Crippen molar-refractivity contribution in [3.8, 4) is 5.75 Å². The predicted molar refractivity (Wildman–Crippen MR) is 55.7 cm³/mol. The molecule has 14 heavy (non-hydrogen) atoms. The molecular weight excluding hydrogens is 249 g/mol. The second-order valence-electron chi connectivity index (χ2n) is 3.66. The zero-order valence-electron chi connectivity index (χ0n) is 7.50. The molecule has 0 aromatic heterocycles. The molecule has 0 radical (unpaired) electrons. The first kappa shape index (κ1) is 9.93. The summed E-state index contributed by atoms with van der Waals surface area (Å²) in [5.41, 5.74) is 6.17. The van der Waals surface area contributed by atoms with Crippen LogP contribution in [-0.4, -0.2) is 11.7 Å². The highest BCUT2D eigenvalue weighted by molar-refractivity contribution is 9.10. The molecule has 2 nitrogen and oxygen atoms in total. The lowest BCUT2D eigenvalue weighted by atomic mass is 10.1. The molecule has 0 aliphatic heterocycles. The van der Waals surface area contributed by atoms with Gasteiger partial charge in [0.15, 0.2) is 11.6 Å². The van der Waals surface area contributed by atoms with Crippen LogP contribution in [0.1, 0.15) is 17.9 Å². The Kier molecular flexibility index (Phi) is 2.49. The van der Waals surface area contributed by atoms with E-state index in [1.54, 1.807) is 6.07 Å². The van der Waals surface area contributed by atoms with Gasteiger partial charge in [-0.05, 0) is 36.9 Å². The largest absolute Gasteiger partial charge is 0.505 e. The summed E-state index contributed by atoms with van der Waals surface area (Å²) in [5, 5.41) is 9.51. The maximum atomic E-state index is 13.1. The van der Waals surface area contributed by atoms with E-state index in [1.807, 2.05) is 0 Å². The molecule has 1 aliphatic rings. The van der Waals surface area contributed by atoms with Crippen molar-refractivity contribution in [3.63, 3.8) is 0 Å². The lowest BCUT2D eigenvalue weighted by molar-refractivity contribution is 0.425. The van der Waals surface area contributed by atoms with Gasteiger partial charge in [0.1, 0.15) is 0 Å². The van der Waals surface area contributed by atoms with Gasteiger partial charge in [-0.15, -0.1) is 0 Å². The van der Waals surface area contributed by atoms with Crippen molar-refractivity contribution in [3.05, 3.63) is 28.0 Å². The SMILES string of the molecule is NCC1CC1c1cc(Br)cc(F)c1O. The highest BCUT2D eigenvalue weighted by Crippen LogP contribution is 2.50. The Morgan fingerprint density at radius 2 is 2.29 bits per heavy atom. The Balaban J connectivity index is 2.34. The smallest absolute Gasteiger partial charge is 0.166 e. The van der Waals surface area contributed by atoms with Crippen molar-refractivity contribution < 1.29 is 9.50 Å². The van der Waals surface area contributed by atoms with Crippen LogP contribution in [0.4, 0.5) is 4.39 Å². The summed E-state index contributed by atoms with van der Waals surface area (Å²) in [7, 11) is 0. The predicted octanol–water partition coefficient (Wildman–Crippen LogP) is 2.36. The molecule has 1 saturated carbocycles. The van der Waals surface area contributed by atoms with Crippen LogP contribution in [0.15, 0.2) is 16.6 Å². The fourth-order valence-electron chi connectivity index (χ4n) is 1.76. The first-order valence-electron chi connectivity index (χ1n) is 4.51. The normalized spacial score (nSPS) is 25.1. The van der Waals surface area contributed by atoms with Crippen molar-refractivity contribution in [2.24, 2.45) is 11.7 Å². The van der Waals surface area contributed by atoms with Crippen LogP contribution in [0.25, 0.3) is 0 Å². The van der Waals surface area contributed by atoms with E-state index in [1.165, 1.54) is 6.07 Å². The molecule has 4 heteroatoms. The number of rotatable bonds is 2. The molecule has 2 unspecified atom stereocenters. The molecule has 3 N–H and O–H groups in total. The fourth-order valence-corrected chi connectivity index (χ4v) is 2.21. The number of aromatic hydroxyl groups is 1. The third-order valence-corrected chi connectivity index (χ3v) is 3.14. The summed E-state index contributed by atoms with van der Waals surface area (Å²) in [6.07, 6.45) is 0.944. The van der Waals surface area contributed by atoms with E-state index in [-0.39, 0.29) is 11.7 Å². The van der Waals surface area contributed by atoms with Crippen LogP contribution in [0.2, 0.25) is 0 Å². The van der Waals surface area contributed by atoms with Crippen LogP contribution >= 0.6 is 15.9 Å². The van der Waals surface area contributed by atoms with Gasteiger partial charge in [0.2, 0.25) is 0 Å². The first-order valence-corrected chi connectivity index (χ1v) is 5.30. The van der Waals surface area contributed by atoms with E-state index >= 15 is 0 Å². The molecule has 1 fully saturated rings. The summed E-state index contributed by atoms with van der Waals surface area (Å²) >= 11 is 3.20. The molecule has 76 valence electrons. The number of phenolic OH excluding ortho intramolecular Hbond substituents is 1. The topological polar surface area (TPSA) is 46.2 Å². The molecule has 1 aromatic rings. The Labute approximate surface area is 90.1 Å². The number of benzene rings is 1. The van der Waals surface area contributed by atoms with Gasteiger partial charge in [-0.2, -0.15) is 0 Å². The van der Waals surface area contributed by atoms with Gasteiger partial charge < -0.3 is 10.8 Å². The average molecular weight is 260 g/mol. The highest BCUT2D eigenvalue weighted by atomic mass is 79.9. The van der Waals surface area contributed by atoms with E-state index in [4.69, 9.17) is 5.73 Å². The number of nitrogens with two attached hydrogens (primary N) is 1. The third-order valence-electron chi connectivity index (χ3n) is 2.68. The summed E-state index contributed by atoms with van der Waals surface area (Å²) in [4.78, 5) is 0. The van der Waals surface area contributed by atoms with Crippen molar-refractivity contribution in [2.45, 2.75) is 12.3 Å². The zero-order chi connectivity index (χ0) is 10.3. The average Bonchev–Trinajstić information content (AvgIpc) is 2.90. The number of halogens is 2. The third kappa shape index (κ3) is 1.64. The van der Waals surface area contributed by atoms with Gasteiger partial charge in [-0.3, -0.25) is 0 Å². The van der Waals surface area contributed by atoms with Gasteiger partial charge in [0.05, 0.1) is 0 Å². The van der Waals surface area contributed by atoms with Gasteiger partial charge in [-0.25, -0.2) is 4.39 Å². The quantitative estimate of drug-likeness (QED) is 0.857. The highest BCUT2D eigenvalue weighted by Gasteiger charge is 2.39. The van der Waals surface area contributed by atoms with E-state index < -0.39 is 5.82 Å². The molecule has 0 bridgehead atoms. The van der Waals surface area contributed by atoms with Crippen LogP contribution in [-0.2, 0) is 0 Å². The first-order chi connectivity index (χ1) is 6.63. The van der Waals surface area contributed by atoms with Crippen molar-refractivity contribution in [1.82, 2.24) is 0 Å². The van der Waals surface area contributed by atoms with Gasteiger partial charge in [-0.1, -0.05) is 15.9 Å². The Bertz CT molecular complexity index is 369. The van der Waals surface area contributed by atoms with Crippen molar-refractivity contribution in [1.29, 1.82) is 0 Å². The molecule has 0 heterocycles. The number of hydrogen-bond donors (Lipinski definition) is 2. The van der Waals surface area contributed by atoms with E-state index in [0.29, 0.717) is 22.5 Å². The molecule has 2 rings (SSSR count). The van der Waals surface area contributed by atoms with E-state index in [0.717, 1.165) is 6.42 Å². The minimum atomic E-state index is -0.572. The van der Waals surface area contributed by atoms with Crippen molar-refractivity contribution >= 4 is 15.9 Å². The van der Waals surface area contributed by atoms with Crippen molar-refractivity contribution in [2.75, 3.05) is 6.54 Å². The minimum absolute atomic E-state index is 0.228. The summed E-state index contributed by atoms with van der Waals surface area (Å²) < 4.78 is 13.8. The summed E-state index contributed by atoms with van der Waals surface area (Å²) in [6, 6.07) is 3.03. The Morgan fingerprint density at radius 1 is 1.57 bits per heavy atom. The number of hydrogen-bond acceptors (Lipinski definition) is 2. The molecule has 2 atom stereocenters. The lowest BCUT2D eigenvalue weighted by Gasteiger charge is -2.05. The van der Waals surface area contributed by atoms with E-state index in [2.05, 4.69) is 15.9 Å². The number of phenols is 1. The Hall–Kier alpha value is -0.610. The van der Waals surface area contributed by atoms with Crippen LogP contribution in [0.3, 0.4) is 0 Å². The second-order valence-corrected chi connectivity index (χ2v) is 4.58. The maximum absolute atomic E-state index is 13.1. The lowest BCUT2D eigenvalue weighted by Crippen LogP contribution is -2.02. The standard InChI is InChI=1S/C10H11BrFNO/c11-6-2-8(7-1-5(7)4-13)10(14)9(12)3-6/h2-3,5,7,14H,1,4,13H2. The molecule has 1 aromatic carbocycles. The molecular formula is C10H11BrFNO. The summed E-state index contributed by atoms with van der Waals surface area (Å²) in [5.74, 6) is -0.173. The van der Waals surface area contributed by atoms with Crippen LogP contribution < -0.4 is 5.73 Å². The van der Waals surface area contributed by atoms with E-state index in [9.17, 15) is 9.50 Å². The van der Waals surface area contributed by atoms with Crippen LogP contribution in [0.5, 0.6) is 5.75 Å². The monoisotopic (exact) mass is 259 g/mol. The zero-order valence-corrected chi connectivity index (χ0v) is 9.09. The van der Waals surface area contributed by atoms with Gasteiger partial charge in [0, 0.05) is 10.0 Å². The van der Waals surface area contributed by atoms with Gasteiger partial charge >= 0.3 is 0 Å². The maximum Gasteiger partial charge on any atom is 0.166 e. The molecule has 1 aliphatic carbocycles. The van der Waals surface area contributed by atoms with Gasteiger partial charge in [0.25, 0.3) is 0 Å². The fraction of sp³-hybridized carbons (Fsp3) is 0.400. The summed E-state index contributed by atoms with van der Waals surface area (Å²) in [6.45, 7) is 0.595. The molecule has 0 saturated heterocycles.